The third-order valence-electron chi connectivity index (χ3n) is 4.12. The number of hydrogen-bond donors (Lipinski definition) is 2. The lowest BCUT2D eigenvalue weighted by atomic mass is 10.2. The molecule has 0 aliphatic heterocycles. The molecule has 0 saturated carbocycles. The number of benzene rings is 3. The van der Waals surface area contributed by atoms with Crippen molar-refractivity contribution in [3.8, 4) is 17.2 Å². The number of nitrogens with one attached hydrogen (secondary N) is 1. The van der Waals surface area contributed by atoms with E-state index < -0.39 is 0 Å². The summed E-state index contributed by atoms with van der Waals surface area (Å²) < 4.78 is 11.6. The van der Waals surface area contributed by atoms with Crippen molar-refractivity contribution in [2.75, 3.05) is 6.61 Å². The van der Waals surface area contributed by atoms with Crippen molar-refractivity contribution >= 4 is 23.7 Å². The van der Waals surface area contributed by atoms with Gasteiger partial charge < -0.3 is 14.6 Å². The molecule has 1 amide bonds. The third-order valence-corrected chi connectivity index (χ3v) is 4.49. The van der Waals surface area contributed by atoms with E-state index in [2.05, 4.69) is 10.5 Å². The van der Waals surface area contributed by atoms with Crippen LogP contribution < -0.4 is 14.9 Å². The molecule has 2 N–H and O–H groups in total. The molecule has 0 bridgehead atoms. The predicted octanol–water partition coefficient (Wildman–Crippen LogP) is 4.79. The van der Waals surface area contributed by atoms with Crippen LogP contribution >= 0.6 is 11.6 Å². The van der Waals surface area contributed by atoms with E-state index in [1.54, 1.807) is 18.2 Å². The second-order valence-electron chi connectivity index (χ2n) is 6.27. The molecule has 3 aromatic rings. The lowest BCUT2D eigenvalue weighted by Gasteiger charge is -2.13. The van der Waals surface area contributed by atoms with Gasteiger partial charge in [0.2, 0.25) is 0 Å². The normalized spacial score (nSPS) is 10.7. The molecular formula is C23H21ClN2O4. The Kier molecular flexibility index (Phi) is 7.29. The van der Waals surface area contributed by atoms with Gasteiger partial charge >= 0.3 is 0 Å². The number of aromatic hydroxyl groups is 1. The Labute approximate surface area is 179 Å². The van der Waals surface area contributed by atoms with Crippen LogP contribution in [0.5, 0.6) is 17.2 Å². The van der Waals surface area contributed by atoms with E-state index in [1.807, 2.05) is 31.2 Å². The monoisotopic (exact) mass is 424 g/mol. The fraction of sp³-hybridized carbons (Fsp3) is 0.130. The van der Waals surface area contributed by atoms with Crippen LogP contribution in [0.25, 0.3) is 0 Å². The Morgan fingerprint density at radius 3 is 2.57 bits per heavy atom. The number of phenols is 1. The number of halogens is 1. The van der Waals surface area contributed by atoms with Crippen molar-refractivity contribution in [2.45, 2.75) is 13.5 Å². The van der Waals surface area contributed by atoms with Crippen LogP contribution in [0.2, 0.25) is 5.02 Å². The summed E-state index contributed by atoms with van der Waals surface area (Å²) >= 11 is 6.18. The van der Waals surface area contributed by atoms with E-state index in [0.717, 1.165) is 11.1 Å². The Hall–Kier alpha value is -3.51. The summed E-state index contributed by atoms with van der Waals surface area (Å²) in [6.07, 6.45) is 1.51. The molecule has 0 unspecified atom stereocenters. The maximum atomic E-state index is 12.1. The lowest BCUT2D eigenvalue weighted by molar-refractivity contribution is 0.0955. The van der Waals surface area contributed by atoms with Gasteiger partial charge in [0.25, 0.3) is 5.91 Å². The molecule has 3 rings (SSSR count). The first-order valence-corrected chi connectivity index (χ1v) is 9.70. The first-order valence-electron chi connectivity index (χ1n) is 9.32. The Balaban J connectivity index is 1.66. The van der Waals surface area contributed by atoms with Crippen LogP contribution in [0.3, 0.4) is 0 Å². The Morgan fingerprint density at radius 2 is 1.83 bits per heavy atom. The van der Waals surface area contributed by atoms with Gasteiger partial charge in [-0.25, -0.2) is 5.43 Å². The van der Waals surface area contributed by atoms with Crippen LogP contribution in [0.1, 0.15) is 28.4 Å². The molecule has 30 heavy (non-hydrogen) atoms. The van der Waals surface area contributed by atoms with E-state index in [9.17, 15) is 9.90 Å². The van der Waals surface area contributed by atoms with Crippen LogP contribution in [0.4, 0.5) is 0 Å². The summed E-state index contributed by atoms with van der Waals surface area (Å²) in [6, 6.07) is 18.8. The minimum absolute atomic E-state index is 0.0929. The van der Waals surface area contributed by atoms with Gasteiger partial charge in [-0.3, -0.25) is 4.79 Å². The van der Waals surface area contributed by atoms with E-state index in [1.165, 1.54) is 30.5 Å². The summed E-state index contributed by atoms with van der Waals surface area (Å²) in [5.41, 5.74) is 4.45. The van der Waals surface area contributed by atoms with Crippen molar-refractivity contribution in [1.82, 2.24) is 5.43 Å². The molecule has 0 aromatic heterocycles. The van der Waals surface area contributed by atoms with Crippen molar-refractivity contribution in [1.29, 1.82) is 0 Å². The van der Waals surface area contributed by atoms with E-state index in [-0.39, 0.29) is 11.7 Å². The van der Waals surface area contributed by atoms with Gasteiger partial charge in [-0.2, -0.15) is 5.10 Å². The van der Waals surface area contributed by atoms with Gasteiger partial charge in [0.15, 0.2) is 11.5 Å². The maximum absolute atomic E-state index is 12.1. The van der Waals surface area contributed by atoms with E-state index >= 15 is 0 Å². The van der Waals surface area contributed by atoms with Crippen LogP contribution in [0.15, 0.2) is 71.8 Å². The standard InChI is InChI=1S/C23H21ClN2O4/c1-2-29-22-13-16(14-25-26-23(28)17-8-10-19(27)11-9-17)7-12-21(22)30-15-18-5-3-4-6-20(18)24/h3-14,27H,2,15H2,1H3,(H,26,28)/b25-14-. The molecule has 6 nitrogen and oxygen atoms in total. The molecule has 0 aliphatic carbocycles. The first-order chi connectivity index (χ1) is 14.6. The highest BCUT2D eigenvalue weighted by Crippen LogP contribution is 2.29. The number of carbonyl (C=O) groups is 1. The number of rotatable bonds is 8. The molecule has 0 spiro atoms. The predicted molar refractivity (Wildman–Crippen MR) is 117 cm³/mol. The van der Waals surface area contributed by atoms with Crippen LogP contribution in [0, 0.1) is 0 Å². The fourth-order valence-corrected chi connectivity index (χ4v) is 2.80. The lowest BCUT2D eigenvalue weighted by Crippen LogP contribution is -2.17. The number of phenolic OH excluding ortho intramolecular Hbond substituents is 1. The van der Waals surface area contributed by atoms with Crippen molar-refractivity contribution < 1.29 is 19.4 Å². The highest BCUT2D eigenvalue weighted by atomic mass is 35.5. The molecule has 3 aromatic carbocycles. The van der Waals surface area contributed by atoms with Crippen LogP contribution in [-0.4, -0.2) is 23.8 Å². The summed E-state index contributed by atoms with van der Waals surface area (Å²) in [4.78, 5) is 12.1. The average molecular weight is 425 g/mol. The summed E-state index contributed by atoms with van der Waals surface area (Å²) in [7, 11) is 0. The van der Waals surface area contributed by atoms with E-state index in [4.69, 9.17) is 21.1 Å². The SMILES string of the molecule is CCOc1cc(/C=N\NC(=O)c2ccc(O)cc2)ccc1OCc1ccccc1Cl. The highest BCUT2D eigenvalue weighted by Gasteiger charge is 2.08. The second kappa shape index (κ2) is 10.3. The number of nitrogens with zero attached hydrogens (tertiary/aromatic N) is 1. The topological polar surface area (TPSA) is 80.2 Å². The zero-order valence-electron chi connectivity index (χ0n) is 16.3. The molecule has 154 valence electrons. The largest absolute Gasteiger partial charge is 0.508 e. The van der Waals surface area contributed by atoms with E-state index in [0.29, 0.717) is 35.3 Å². The molecule has 7 heteroatoms. The van der Waals surface area contributed by atoms with Gasteiger partial charge in [-0.05, 0) is 61.0 Å². The molecule has 0 atom stereocenters. The van der Waals surface area contributed by atoms with Crippen molar-refractivity contribution in [2.24, 2.45) is 5.10 Å². The summed E-state index contributed by atoms with van der Waals surface area (Å²) in [5, 5.41) is 13.9. The van der Waals surface area contributed by atoms with Crippen molar-refractivity contribution in [3.05, 3.63) is 88.4 Å². The van der Waals surface area contributed by atoms with Gasteiger partial charge in [0, 0.05) is 16.1 Å². The van der Waals surface area contributed by atoms with Crippen LogP contribution in [-0.2, 0) is 6.61 Å². The van der Waals surface area contributed by atoms with Gasteiger partial charge in [-0.15, -0.1) is 0 Å². The summed E-state index contributed by atoms with van der Waals surface area (Å²) in [5.74, 6) is 0.867. The second-order valence-corrected chi connectivity index (χ2v) is 6.67. The first kappa shape index (κ1) is 21.2. The molecule has 0 saturated heterocycles. The van der Waals surface area contributed by atoms with Gasteiger partial charge in [-0.1, -0.05) is 29.8 Å². The zero-order chi connectivity index (χ0) is 21.3. The molecule has 0 heterocycles. The number of hydrogen-bond acceptors (Lipinski definition) is 5. The molecule has 0 aliphatic rings. The number of hydrazone groups is 1. The third kappa shape index (κ3) is 5.75. The van der Waals surface area contributed by atoms with Crippen molar-refractivity contribution in [3.63, 3.8) is 0 Å². The molecular weight excluding hydrogens is 404 g/mol. The zero-order valence-corrected chi connectivity index (χ0v) is 17.1. The highest BCUT2D eigenvalue weighted by molar-refractivity contribution is 6.31. The summed E-state index contributed by atoms with van der Waals surface area (Å²) in [6.45, 7) is 2.67. The number of carbonyl (C=O) groups excluding carboxylic acids is 1. The number of ether oxygens (including phenoxy) is 2. The minimum atomic E-state index is -0.379. The average Bonchev–Trinajstić information content (AvgIpc) is 2.75. The fourth-order valence-electron chi connectivity index (χ4n) is 2.61. The Bertz CT molecular complexity index is 1040. The van der Waals surface area contributed by atoms with Gasteiger partial charge in [0.1, 0.15) is 12.4 Å². The smallest absolute Gasteiger partial charge is 0.271 e. The maximum Gasteiger partial charge on any atom is 0.271 e. The quantitative estimate of drug-likeness (QED) is 0.402. The minimum Gasteiger partial charge on any atom is -0.508 e. The van der Waals surface area contributed by atoms with Gasteiger partial charge in [0.05, 0.1) is 12.8 Å². The molecule has 0 fully saturated rings. The Morgan fingerprint density at radius 1 is 1.07 bits per heavy atom. The molecule has 0 radical (unpaired) electrons. The number of amides is 1.